The number of aromatic nitrogens is 2. The Hall–Kier alpha value is -2.64. The average Bonchev–Trinajstić information content (AvgIpc) is 3.45. The van der Waals surface area contributed by atoms with E-state index in [0.717, 1.165) is 49.7 Å². The highest BCUT2D eigenvalue weighted by Gasteiger charge is 2.57. The van der Waals surface area contributed by atoms with Gasteiger partial charge in [-0.1, -0.05) is 30.4 Å². The van der Waals surface area contributed by atoms with Crippen molar-refractivity contribution in [2.75, 3.05) is 5.32 Å². The first-order valence-electron chi connectivity index (χ1n) is 11.9. The number of carbonyl (C=O) groups is 3. The van der Waals surface area contributed by atoms with Crippen LogP contribution in [0.4, 0.5) is 5.69 Å². The number of hydrogen-bond donors (Lipinski definition) is 3. The molecule has 3 aliphatic carbocycles. The van der Waals surface area contributed by atoms with Crippen LogP contribution in [0.25, 0.3) is 0 Å². The summed E-state index contributed by atoms with van der Waals surface area (Å²) in [6.07, 6.45) is 8.62. The number of nitrogens with one attached hydrogen (secondary N) is 2. The van der Waals surface area contributed by atoms with Crippen LogP contribution in [0.5, 0.6) is 0 Å². The number of nitrogens with zero attached hydrogens (tertiary/aromatic N) is 2. The van der Waals surface area contributed by atoms with E-state index in [9.17, 15) is 19.5 Å². The largest absolute Gasteiger partial charge is 0.481 e. The lowest BCUT2D eigenvalue weighted by Gasteiger charge is -2.26. The van der Waals surface area contributed by atoms with Gasteiger partial charge in [0.05, 0.1) is 17.5 Å². The summed E-state index contributed by atoms with van der Waals surface area (Å²) in [4.78, 5) is 38.4. The molecule has 0 spiro atoms. The maximum Gasteiger partial charge on any atom is 0.307 e. The van der Waals surface area contributed by atoms with Gasteiger partial charge < -0.3 is 15.7 Å². The minimum atomic E-state index is -0.921. The molecule has 3 aliphatic rings. The standard InChI is InChI=1S/C24H34N4O4/c1-4-28-12-17(21(27-28)23(30)25-14-8-6-5-7-9-14)26-22(29)19-15-10-11-16(18(15)13(2)3)20(19)24(31)32/h12,14-16,19-20H,4-11H2,1-3H3,(H,25,30)(H,26,29)(H,31,32)/t15-,16-,19-,20-/m0/s1. The van der Waals surface area contributed by atoms with Gasteiger partial charge in [-0.3, -0.25) is 19.1 Å². The molecule has 4 atom stereocenters. The average molecular weight is 443 g/mol. The number of hydrogen-bond acceptors (Lipinski definition) is 4. The Morgan fingerprint density at radius 3 is 2.31 bits per heavy atom. The van der Waals surface area contributed by atoms with Crippen molar-refractivity contribution >= 4 is 23.5 Å². The van der Waals surface area contributed by atoms with Gasteiger partial charge in [-0.25, -0.2) is 0 Å². The fraction of sp³-hybridized carbons (Fsp3) is 0.667. The van der Waals surface area contributed by atoms with Crippen molar-refractivity contribution in [2.24, 2.45) is 23.7 Å². The van der Waals surface area contributed by atoms with Crippen LogP contribution in [0.3, 0.4) is 0 Å². The van der Waals surface area contributed by atoms with Gasteiger partial charge in [0, 0.05) is 18.8 Å². The lowest BCUT2D eigenvalue weighted by atomic mass is 9.78. The lowest BCUT2D eigenvalue weighted by molar-refractivity contribution is -0.148. The quantitative estimate of drug-likeness (QED) is 0.583. The van der Waals surface area contributed by atoms with E-state index < -0.39 is 17.8 Å². The van der Waals surface area contributed by atoms with Crippen LogP contribution in [0.1, 0.15) is 76.2 Å². The Morgan fingerprint density at radius 2 is 1.72 bits per heavy atom. The van der Waals surface area contributed by atoms with Gasteiger partial charge in [0.25, 0.3) is 5.91 Å². The highest BCUT2D eigenvalue weighted by Crippen LogP contribution is 2.57. The second-order valence-corrected chi connectivity index (χ2v) is 9.68. The molecule has 3 N–H and O–H groups in total. The van der Waals surface area contributed by atoms with Crippen LogP contribution in [0.2, 0.25) is 0 Å². The first-order valence-corrected chi connectivity index (χ1v) is 11.9. The minimum absolute atomic E-state index is 0.0492. The Labute approximate surface area is 188 Å². The monoisotopic (exact) mass is 442 g/mol. The third kappa shape index (κ3) is 4.07. The molecule has 2 amide bonds. The highest BCUT2D eigenvalue weighted by atomic mass is 16.4. The summed E-state index contributed by atoms with van der Waals surface area (Å²) in [6, 6.07) is 0.133. The number of aryl methyl sites for hydroxylation is 1. The summed E-state index contributed by atoms with van der Waals surface area (Å²) in [6.45, 7) is 6.48. The molecule has 0 aliphatic heterocycles. The highest BCUT2D eigenvalue weighted by molar-refractivity contribution is 6.04. The zero-order chi connectivity index (χ0) is 23.0. The molecule has 174 valence electrons. The van der Waals surface area contributed by atoms with Crippen molar-refractivity contribution in [1.82, 2.24) is 15.1 Å². The van der Waals surface area contributed by atoms with Gasteiger partial charge >= 0.3 is 5.97 Å². The molecule has 0 unspecified atom stereocenters. The van der Waals surface area contributed by atoms with Crippen molar-refractivity contribution in [3.63, 3.8) is 0 Å². The molecule has 2 bridgehead atoms. The van der Waals surface area contributed by atoms with E-state index in [-0.39, 0.29) is 35.4 Å². The minimum Gasteiger partial charge on any atom is -0.481 e. The summed E-state index contributed by atoms with van der Waals surface area (Å²) in [5.41, 5.74) is 2.81. The summed E-state index contributed by atoms with van der Waals surface area (Å²) in [5, 5.41) is 20.2. The van der Waals surface area contributed by atoms with Gasteiger partial charge in [0.2, 0.25) is 5.91 Å². The number of allylic oxidation sites excluding steroid dienone is 2. The van der Waals surface area contributed by atoms with Crippen LogP contribution in [0, 0.1) is 23.7 Å². The van der Waals surface area contributed by atoms with Crippen molar-refractivity contribution in [3.05, 3.63) is 23.0 Å². The molecule has 3 saturated carbocycles. The molecule has 8 heteroatoms. The molecule has 1 aromatic rings. The maximum atomic E-state index is 13.4. The number of carboxylic acid groups (broad SMARTS) is 1. The Kier molecular flexibility index (Phi) is 6.40. The molecule has 8 nitrogen and oxygen atoms in total. The van der Waals surface area contributed by atoms with Crippen molar-refractivity contribution in [2.45, 2.75) is 78.3 Å². The summed E-state index contributed by atoms with van der Waals surface area (Å²) < 4.78 is 1.63. The van der Waals surface area contributed by atoms with Crippen LogP contribution < -0.4 is 10.6 Å². The molecule has 1 heterocycles. The second-order valence-electron chi connectivity index (χ2n) is 9.68. The van der Waals surface area contributed by atoms with E-state index in [1.165, 1.54) is 6.42 Å². The first-order chi connectivity index (χ1) is 15.3. The molecule has 0 radical (unpaired) electrons. The number of fused-ring (bicyclic) bond motifs is 2. The molecule has 3 fully saturated rings. The summed E-state index contributed by atoms with van der Waals surface area (Å²) in [7, 11) is 0. The first kappa shape index (κ1) is 22.6. The maximum absolute atomic E-state index is 13.4. The van der Waals surface area contributed by atoms with Crippen LogP contribution in [-0.4, -0.2) is 38.7 Å². The molecule has 0 saturated heterocycles. The van der Waals surface area contributed by atoms with E-state index in [2.05, 4.69) is 15.7 Å². The fourth-order valence-electron chi connectivity index (χ4n) is 6.16. The number of rotatable bonds is 6. The number of amides is 2. The molecular weight excluding hydrogens is 408 g/mol. The van der Waals surface area contributed by atoms with E-state index in [1.54, 1.807) is 10.9 Å². The van der Waals surface area contributed by atoms with Crippen molar-refractivity contribution in [3.8, 4) is 0 Å². The summed E-state index contributed by atoms with van der Waals surface area (Å²) in [5.74, 6) is -3.01. The summed E-state index contributed by atoms with van der Waals surface area (Å²) >= 11 is 0. The molecule has 32 heavy (non-hydrogen) atoms. The number of aliphatic carboxylic acids is 1. The predicted octanol–water partition coefficient (Wildman–Crippen LogP) is 3.60. The fourth-order valence-corrected chi connectivity index (χ4v) is 6.16. The molecule has 1 aromatic heterocycles. The van der Waals surface area contributed by atoms with Gasteiger partial charge in [-0.05, 0) is 58.3 Å². The van der Waals surface area contributed by atoms with E-state index in [0.29, 0.717) is 12.2 Å². The van der Waals surface area contributed by atoms with E-state index in [1.807, 2.05) is 20.8 Å². The predicted molar refractivity (Wildman–Crippen MR) is 120 cm³/mol. The molecular formula is C24H34N4O4. The number of anilines is 1. The number of carbonyl (C=O) groups excluding carboxylic acids is 2. The molecule has 0 aromatic carbocycles. The topological polar surface area (TPSA) is 113 Å². The Morgan fingerprint density at radius 1 is 1.06 bits per heavy atom. The van der Waals surface area contributed by atoms with Crippen LogP contribution >= 0.6 is 0 Å². The number of carboxylic acids is 1. The van der Waals surface area contributed by atoms with Gasteiger partial charge in [0.15, 0.2) is 5.69 Å². The van der Waals surface area contributed by atoms with Crippen molar-refractivity contribution in [1.29, 1.82) is 0 Å². The Bertz CT molecular complexity index is 940. The lowest BCUT2D eigenvalue weighted by Crippen LogP contribution is -2.39. The second kappa shape index (κ2) is 9.08. The third-order valence-corrected chi connectivity index (χ3v) is 7.51. The smallest absolute Gasteiger partial charge is 0.307 e. The Balaban J connectivity index is 1.56. The van der Waals surface area contributed by atoms with Crippen molar-refractivity contribution < 1.29 is 19.5 Å². The van der Waals surface area contributed by atoms with Crippen LogP contribution in [-0.2, 0) is 16.1 Å². The SMILES string of the molecule is CCn1cc(NC(=O)[C@@H]2[C@@H](C(=O)O)[C@H]3CC[C@H]2C3=C(C)C)c(C(=O)NC2CCCCC2)n1. The zero-order valence-corrected chi connectivity index (χ0v) is 19.2. The van der Waals surface area contributed by atoms with Crippen LogP contribution in [0.15, 0.2) is 17.3 Å². The zero-order valence-electron chi connectivity index (χ0n) is 19.2. The van der Waals surface area contributed by atoms with Gasteiger partial charge in [-0.15, -0.1) is 0 Å². The normalized spacial score (nSPS) is 27.4. The molecule has 4 rings (SSSR count). The third-order valence-electron chi connectivity index (χ3n) is 7.51. The van der Waals surface area contributed by atoms with Gasteiger partial charge in [-0.2, -0.15) is 5.10 Å². The van der Waals surface area contributed by atoms with E-state index in [4.69, 9.17) is 0 Å². The van der Waals surface area contributed by atoms with E-state index >= 15 is 0 Å². The van der Waals surface area contributed by atoms with Gasteiger partial charge in [0.1, 0.15) is 0 Å².